The topological polar surface area (TPSA) is 140 Å². The Morgan fingerprint density at radius 2 is 1.93 bits per heavy atom. The molecule has 0 radical (unpaired) electrons. The Morgan fingerprint density at radius 3 is 2.55 bits per heavy atom. The summed E-state index contributed by atoms with van der Waals surface area (Å²) in [7, 11) is -1.80. The quantitative estimate of drug-likeness (QED) is 0.420. The number of H-pyrrole nitrogens is 1. The largest absolute Gasteiger partial charge is 0.383 e. The number of hydrogen-bond acceptors (Lipinski definition) is 7. The van der Waals surface area contributed by atoms with E-state index >= 15 is 0 Å². The maximum Gasteiger partial charge on any atom is 0.330 e. The lowest BCUT2D eigenvalue weighted by Gasteiger charge is -2.26. The number of nitrogens with one attached hydrogen (secondary N) is 2. The van der Waals surface area contributed by atoms with Gasteiger partial charge in [-0.1, -0.05) is 30.3 Å². The Balaban J connectivity index is 2.36. The maximum absolute atomic E-state index is 12.6. The smallest absolute Gasteiger partial charge is 0.330 e. The molecule has 1 aromatic carbocycles. The lowest BCUT2D eigenvalue weighted by molar-refractivity contribution is 0.186. The van der Waals surface area contributed by atoms with Crippen LogP contribution in [0.4, 0.5) is 11.5 Å². The predicted molar refractivity (Wildman–Crippen MR) is 113 cm³/mol. The molecule has 0 saturated heterocycles. The fraction of sp³-hybridized carbons (Fsp3) is 0.444. The Kier molecular flexibility index (Phi) is 8.00. The van der Waals surface area contributed by atoms with Crippen molar-refractivity contribution in [2.45, 2.75) is 19.5 Å². The van der Waals surface area contributed by atoms with E-state index in [0.29, 0.717) is 19.5 Å². The molecule has 2 rings (SSSR count). The Hall–Kier alpha value is -2.63. The second-order valence-corrected chi connectivity index (χ2v) is 8.40. The third-order valence-electron chi connectivity index (χ3n) is 4.23. The summed E-state index contributed by atoms with van der Waals surface area (Å²) >= 11 is 0. The molecule has 0 unspecified atom stereocenters. The van der Waals surface area contributed by atoms with E-state index in [1.165, 1.54) is 11.7 Å². The first kappa shape index (κ1) is 22.7. The zero-order valence-corrected chi connectivity index (χ0v) is 17.4. The zero-order valence-electron chi connectivity index (χ0n) is 16.6. The van der Waals surface area contributed by atoms with E-state index in [9.17, 15) is 18.0 Å². The number of aromatic amines is 1. The summed E-state index contributed by atoms with van der Waals surface area (Å²) < 4.78 is 31.2. The molecule has 0 aliphatic rings. The van der Waals surface area contributed by atoms with Gasteiger partial charge in [-0.05, 0) is 12.0 Å². The van der Waals surface area contributed by atoms with E-state index in [1.54, 1.807) is 4.90 Å². The van der Waals surface area contributed by atoms with Crippen molar-refractivity contribution in [2.24, 2.45) is 0 Å². The molecule has 0 atom stereocenters. The molecule has 29 heavy (non-hydrogen) atoms. The zero-order chi connectivity index (χ0) is 21.4. The van der Waals surface area contributed by atoms with Crippen LogP contribution in [0.3, 0.4) is 0 Å². The van der Waals surface area contributed by atoms with Crippen molar-refractivity contribution in [1.82, 2.24) is 14.3 Å². The van der Waals surface area contributed by atoms with Gasteiger partial charge in [0.15, 0.2) is 0 Å². The van der Waals surface area contributed by atoms with Gasteiger partial charge in [0.05, 0.1) is 19.4 Å². The summed E-state index contributed by atoms with van der Waals surface area (Å²) in [5.74, 6) is 0.0443. The van der Waals surface area contributed by atoms with Gasteiger partial charge in [-0.25, -0.2) is 17.9 Å². The molecule has 2 aromatic rings. The lowest BCUT2D eigenvalue weighted by atomic mass is 10.2. The fourth-order valence-corrected chi connectivity index (χ4v) is 3.40. The number of rotatable bonds is 11. The SMILES string of the molecule is COCCn1c(N)c(N(CCCNS(C)(=O)=O)Cc2ccccc2)c(=O)[nH]c1=O. The molecule has 160 valence electrons. The van der Waals surface area contributed by atoms with Gasteiger partial charge in [0.2, 0.25) is 10.0 Å². The number of benzene rings is 1. The molecular weight excluding hydrogens is 398 g/mol. The van der Waals surface area contributed by atoms with Gasteiger partial charge in [0.25, 0.3) is 5.56 Å². The number of ether oxygens (including phenoxy) is 1. The molecule has 0 amide bonds. The van der Waals surface area contributed by atoms with Gasteiger partial charge in [-0.3, -0.25) is 14.3 Å². The minimum Gasteiger partial charge on any atom is -0.383 e. The minimum atomic E-state index is -3.30. The van der Waals surface area contributed by atoms with Crippen LogP contribution in [0.15, 0.2) is 39.9 Å². The van der Waals surface area contributed by atoms with E-state index < -0.39 is 21.3 Å². The molecular formula is C18H27N5O5S. The first-order valence-electron chi connectivity index (χ1n) is 9.08. The number of sulfonamides is 1. The van der Waals surface area contributed by atoms with Crippen molar-refractivity contribution in [2.75, 3.05) is 43.7 Å². The highest BCUT2D eigenvalue weighted by Gasteiger charge is 2.19. The number of methoxy groups -OCH3 is 1. The summed E-state index contributed by atoms with van der Waals surface area (Å²) in [5.41, 5.74) is 6.11. The summed E-state index contributed by atoms with van der Waals surface area (Å²) in [6.07, 6.45) is 1.53. The Morgan fingerprint density at radius 1 is 1.24 bits per heavy atom. The van der Waals surface area contributed by atoms with E-state index in [0.717, 1.165) is 11.8 Å². The number of nitrogens with two attached hydrogens (primary N) is 1. The monoisotopic (exact) mass is 425 g/mol. The summed E-state index contributed by atoms with van der Waals surface area (Å²) in [6, 6.07) is 9.47. The average Bonchev–Trinajstić information content (AvgIpc) is 2.64. The fourth-order valence-electron chi connectivity index (χ4n) is 2.89. The van der Waals surface area contributed by atoms with Crippen LogP contribution < -0.4 is 26.6 Å². The molecule has 4 N–H and O–H groups in total. The predicted octanol–water partition coefficient (Wildman–Crippen LogP) is -0.289. The van der Waals surface area contributed by atoms with Crippen LogP contribution >= 0.6 is 0 Å². The number of nitrogen functional groups attached to an aromatic ring is 1. The molecule has 0 saturated carbocycles. The summed E-state index contributed by atoms with van der Waals surface area (Å²) in [4.78, 5) is 28.8. The third kappa shape index (κ3) is 6.73. The second-order valence-electron chi connectivity index (χ2n) is 6.56. The first-order valence-corrected chi connectivity index (χ1v) is 11.0. The van der Waals surface area contributed by atoms with Crippen LogP contribution in [0.5, 0.6) is 0 Å². The third-order valence-corrected chi connectivity index (χ3v) is 4.96. The van der Waals surface area contributed by atoms with Crippen LogP contribution in [0.25, 0.3) is 0 Å². The molecule has 1 heterocycles. The maximum atomic E-state index is 12.6. The molecule has 0 spiro atoms. The van der Waals surface area contributed by atoms with Crippen molar-refractivity contribution in [3.63, 3.8) is 0 Å². The number of nitrogens with zero attached hydrogens (tertiary/aromatic N) is 2. The van der Waals surface area contributed by atoms with Gasteiger partial charge in [-0.15, -0.1) is 0 Å². The highest BCUT2D eigenvalue weighted by atomic mass is 32.2. The molecule has 1 aromatic heterocycles. The van der Waals surface area contributed by atoms with Gasteiger partial charge in [0.1, 0.15) is 11.5 Å². The molecule has 0 aliphatic carbocycles. The first-order chi connectivity index (χ1) is 13.7. The van der Waals surface area contributed by atoms with Crippen molar-refractivity contribution in [1.29, 1.82) is 0 Å². The van der Waals surface area contributed by atoms with E-state index in [-0.39, 0.29) is 31.2 Å². The highest BCUT2D eigenvalue weighted by Crippen LogP contribution is 2.19. The number of anilines is 2. The summed E-state index contributed by atoms with van der Waals surface area (Å²) in [5, 5.41) is 0. The normalized spacial score (nSPS) is 11.5. The van der Waals surface area contributed by atoms with Crippen molar-refractivity contribution < 1.29 is 13.2 Å². The summed E-state index contributed by atoms with van der Waals surface area (Å²) in [6.45, 7) is 1.39. The van der Waals surface area contributed by atoms with Crippen LogP contribution in [-0.2, 0) is 27.8 Å². The van der Waals surface area contributed by atoms with E-state index in [1.807, 2.05) is 30.3 Å². The van der Waals surface area contributed by atoms with Crippen molar-refractivity contribution in [3.05, 3.63) is 56.7 Å². The van der Waals surface area contributed by atoms with Crippen LogP contribution in [0.1, 0.15) is 12.0 Å². The second kappa shape index (κ2) is 10.2. The average molecular weight is 426 g/mol. The molecule has 0 aliphatic heterocycles. The van der Waals surface area contributed by atoms with Gasteiger partial charge < -0.3 is 15.4 Å². The molecule has 10 nitrogen and oxygen atoms in total. The van der Waals surface area contributed by atoms with Crippen molar-refractivity contribution >= 4 is 21.5 Å². The van der Waals surface area contributed by atoms with Crippen LogP contribution in [-0.4, -0.2) is 51.0 Å². The van der Waals surface area contributed by atoms with Crippen LogP contribution in [0.2, 0.25) is 0 Å². The van der Waals surface area contributed by atoms with Crippen molar-refractivity contribution in [3.8, 4) is 0 Å². The standard InChI is InChI=1S/C18H27N5O5S/c1-28-12-11-23-16(19)15(17(24)21-18(23)25)22(10-6-9-20-29(2,26)27)13-14-7-4-3-5-8-14/h3-5,7-8,20H,6,9-13,19H2,1-2H3,(H,21,24,25). The number of aromatic nitrogens is 2. The minimum absolute atomic E-state index is 0.0443. The molecule has 0 bridgehead atoms. The number of hydrogen-bond donors (Lipinski definition) is 3. The van der Waals surface area contributed by atoms with Gasteiger partial charge in [0, 0.05) is 26.7 Å². The van der Waals surface area contributed by atoms with Gasteiger partial charge >= 0.3 is 5.69 Å². The van der Waals surface area contributed by atoms with E-state index in [2.05, 4.69) is 9.71 Å². The molecule has 0 fully saturated rings. The van der Waals surface area contributed by atoms with Crippen LogP contribution in [0, 0.1) is 0 Å². The van der Waals surface area contributed by atoms with E-state index in [4.69, 9.17) is 10.5 Å². The highest BCUT2D eigenvalue weighted by molar-refractivity contribution is 7.88. The van der Waals surface area contributed by atoms with Gasteiger partial charge in [-0.2, -0.15) is 0 Å². The Labute approximate surface area is 169 Å². The lowest BCUT2D eigenvalue weighted by Crippen LogP contribution is -2.39. The molecule has 11 heteroatoms. The Bertz CT molecular complexity index is 1020.